The van der Waals surface area contributed by atoms with Crippen LogP contribution in [0.4, 0.5) is 11.4 Å². The zero-order valence-corrected chi connectivity index (χ0v) is 13.1. The molecule has 20 heavy (non-hydrogen) atoms. The Balaban J connectivity index is 2.09. The van der Waals surface area contributed by atoms with Crippen molar-refractivity contribution in [3.05, 3.63) is 18.2 Å². The fourth-order valence-corrected chi connectivity index (χ4v) is 3.11. The third-order valence-corrected chi connectivity index (χ3v) is 5.65. The number of nitrogens with two attached hydrogens (primary N) is 1. The van der Waals surface area contributed by atoms with Crippen molar-refractivity contribution in [2.24, 2.45) is 11.8 Å². The number of sulfonamides is 1. The molecule has 2 rings (SSSR count). The maximum Gasteiger partial charge on any atom is 0.242 e. The molecule has 0 amide bonds. The van der Waals surface area contributed by atoms with Crippen LogP contribution in [0.15, 0.2) is 23.1 Å². The Morgan fingerprint density at radius 1 is 1.40 bits per heavy atom. The van der Waals surface area contributed by atoms with Gasteiger partial charge < -0.3 is 11.1 Å². The minimum atomic E-state index is -3.43. The van der Waals surface area contributed by atoms with Crippen molar-refractivity contribution in [1.82, 2.24) is 4.31 Å². The monoisotopic (exact) mass is 297 g/mol. The molecule has 0 radical (unpaired) electrons. The van der Waals surface area contributed by atoms with Crippen LogP contribution in [-0.4, -0.2) is 33.4 Å². The SMILES string of the molecule is CC(CNc1ccc(S(=O)(=O)N(C)C)cc1N)C1CC1. The van der Waals surface area contributed by atoms with Crippen molar-refractivity contribution < 1.29 is 8.42 Å². The number of nitrogens with one attached hydrogen (secondary N) is 1. The lowest BCUT2D eigenvalue weighted by Gasteiger charge is -2.16. The summed E-state index contributed by atoms with van der Waals surface area (Å²) < 4.78 is 25.2. The van der Waals surface area contributed by atoms with Crippen molar-refractivity contribution in [2.75, 3.05) is 31.7 Å². The van der Waals surface area contributed by atoms with Gasteiger partial charge in [0.15, 0.2) is 0 Å². The van der Waals surface area contributed by atoms with Crippen molar-refractivity contribution >= 4 is 21.4 Å². The summed E-state index contributed by atoms with van der Waals surface area (Å²) in [4.78, 5) is 0.223. The standard InChI is InChI=1S/C14H23N3O2S/c1-10(11-4-5-11)9-16-14-7-6-12(8-13(14)15)20(18,19)17(2)3/h6-8,10-11,16H,4-5,9,15H2,1-3H3. The largest absolute Gasteiger partial charge is 0.397 e. The van der Waals surface area contributed by atoms with Crippen molar-refractivity contribution in [1.29, 1.82) is 0 Å². The fraction of sp³-hybridized carbons (Fsp3) is 0.571. The van der Waals surface area contributed by atoms with E-state index < -0.39 is 10.0 Å². The first-order valence-corrected chi connectivity index (χ1v) is 8.32. The third-order valence-electron chi connectivity index (χ3n) is 3.84. The lowest BCUT2D eigenvalue weighted by molar-refractivity contribution is 0.521. The molecule has 1 unspecified atom stereocenters. The first kappa shape index (κ1) is 15.1. The number of nitrogen functional groups attached to an aromatic ring is 1. The molecule has 1 aliphatic rings. The highest BCUT2D eigenvalue weighted by molar-refractivity contribution is 7.89. The molecule has 0 heterocycles. The van der Waals surface area contributed by atoms with Crippen LogP contribution in [0, 0.1) is 11.8 Å². The second-order valence-corrected chi connectivity index (χ2v) is 7.88. The number of hydrogen-bond acceptors (Lipinski definition) is 4. The van der Waals surface area contributed by atoms with Crippen LogP contribution in [0.25, 0.3) is 0 Å². The summed E-state index contributed by atoms with van der Waals surface area (Å²) in [6.45, 7) is 3.10. The van der Waals surface area contributed by atoms with Crippen molar-refractivity contribution in [3.8, 4) is 0 Å². The molecule has 0 aromatic heterocycles. The molecule has 0 aliphatic heterocycles. The van der Waals surface area contributed by atoms with Crippen LogP contribution in [0.5, 0.6) is 0 Å². The molecule has 1 saturated carbocycles. The van der Waals surface area contributed by atoms with Crippen LogP contribution in [0.3, 0.4) is 0 Å². The van der Waals surface area contributed by atoms with E-state index in [1.54, 1.807) is 12.1 Å². The van der Waals surface area contributed by atoms with E-state index in [1.807, 2.05) is 0 Å². The van der Waals surface area contributed by atoms with Crippen molar-refractivity contribution in [3.63, 3.8) is 0 Å². The molecule has 3 N–H and O–H groups in total. The lowest BCUT2D eigenvalue weighted by Crippen LogP contribution is -2.22. The normalized spacial score (nSPS) is 17.2. The van der Waals surface area contributed by atoms with E-state index in [0.717, 1.165) is 18.2 Å². The van der Waals surface area contributed by atoms with Gasteiger partial charge in [0.05, 0.1) is 16.3 Å². The molecule has 1 atom stereocenters. The molecule has 5 nitrogen and oxygen atoms in total. The van der Waals surface area contributed by atoms with E-state index in [0.29, 0.717) is 11.6 Å². The number of hydrogen-bond donors (Lipinski definition) is 2. The van der Waals surface area contributed by atoms with Crippen LogP contribution < -0.4 is 11.1 Å². The highest BCUT2D eigenvalue weighted by atomic mass is 32.2. The summed E-state index contributed by atoms with van der Waals surface area (Å²) in [6.07, 6.45) is 2.64. The molecule has 1 aromatic carbocycles. The Bertz CT molecular complexity index is 580. The van der Waals surface area contributed by atoms with Crippen LogP contribution >= 0.6 is 0 Å². The molecule has 1 aliphatic carbocycles. The predicted octanol–water partition coefficient (Wildman–Crippen LogP) is 1.98. The van der Waals surface area contributed by atoms with E-state index in [-0.39, 0.29) is 4.90 Å². The maximum atomic E-state index is 12.0. The summed E-state index contributed by atoms with van der Waals surface area (Å²) >= 11 is 0. The van der Waals surface area contributed by atoms with Gasteiger partial charge in [-0.15, -0.1) is 0 Å². The first-order valence-electron chi connectivity index (χ1n) is 6.88. The smallest absolute Gasteiger partial charge is 0.242 e. The van der Waals surface area contributed by atoms with Gasteiger partial charge in [-0.1, -0.05) is 6.92 Å². The highest BCUT2D eigenvalue weighted by Gasteiger charge is 2.27. The van der Waals surface area contributed by atoms with Crippen LogP contribution in [0.2, 0.25) is 0 Å². The number of rotatable bonds is 6. The molecule has 1 fully saturated rings. The van der Waals surface area contributed by atoms with Gasteiger partial charge in [0.1, 0.15) is 0 Å². The molecule has 1 aromatic rings. The number of nitrogens with zero attached hydrogens (tertiary/aromatic N) is 1. The second kappa shape index (κ2) is 5.61. The van der Waals surface area contributed by atoms with Gasteiger partial charge in [-0.2, -0.15) is 0 Å². The van der Waals surface area contributed by atoms with Gasteiger partial charge in [-0.3, -0.25) is 0 Å². The van der Waals surface area contributed by atoms with Crippen molar-refractivity contribution in [2.45, 2.75) is 24.7 Å². The summed E-state index contributed by atoms with van der Waals surface area (Å²) in [6, 6.07) is 4.85. The summed E-state index contributed by atoms with van der Waals surface area (Å²) in [5.74, 6) is 1.46. The Labute approximate surface area is 121 Å². The molecular weight excluding hydrogens is 274 g/mol. The minimum absolute atomic E-state index is 0.223. The number of benzene rings is 1. The van der Waals surface area contributed by atoms with Gasteiger partial charge >= 0.3 is 0 Å². The van der Waals surface area contributed by atoms with Gasteiger partial charge in [0.2, 0.25) is 10.0 Å². The van der Waals surface area contributed by atoms with Gasteiger partial charge in [0.25, 0.3) is 0 Å². The van der Waals surface area contributed by atoms with Crippen LogP contribution in [-0.2, 0) is 10.0 Å². The zero-order chi connectivity index (χ0) is 14.9. The van der Waals surface area contributed by atoms with E-state index in [9.17, 15) is 8.42 Å². The van der Waals surface area contributed by atoms with Crippen LogP contribution in [0.1, 0.15) is 19.8 Å². The van der Waals surface area contributed by atoms with E-state index in [4.69, 9.17) is 5.73 Å². The number of anilines is 2. The average Bonchev–Trinajstić information content (AvgIpc) is 3.20. The molecule has 0 spiro atoms. The van der Waals surface area contributed by atoms with Gasteiger partial charge in [-0.05, 0) is 42.9 Å². The lowest BCUT2D eigenvalue weighted by atomic mass is 10.1. The first-order chi connectivity index (χ1) is 9.32. The molecule has 0 bridgehead atoms. The topological polar surface area (TPSA) is 75.4 Å². The Hall–Kier alpha value is -1.27. The Morgan fingerprint density at radius 3 is 2.55 bits per heavy atom. The molecular formula is C14H23N3O2S. The van der Waals surface area contributed by atoms with E-state index >= 15 is 0 Å². The van der Waals surface area contributed by atoms with Gasteiger partial charge in [-0.25, -0.2) is 12.7 Å². The van der Waals surface area contributed by atoms with E-state index in [1.165, 1.54) is 37.3 Å². The van der Waals surface area contributed by atoms with Gasteiger partial charge in [0, 0.05) is 20.6 Å². The third kappa shape index (κ3) is 3.24. The predicted molar refractivity (Wildman–Crippen MR) is 82.1 cm³/mol. The fourth-order valence-electron chi connectivity index (χ4n) is 2.18. The Kier molecular flexibility index (Phi) is 4.25. The molecule has 112 valence electrons. The summed E-state index contributed by atoms with van der Waals surface area (Å²) in [5, 5.41) is 3.31. The van der Waals surface area contributed by atoms with E-state index in [2.05, 4.69) is 12.2 Å². The molecule has 0 saturated heterocycles. The quantitative estimate of drug-likeness (QED) is 0.787. The zero-order valence-electron chi connectivity index (χ0n) is 12.3. The minimum Gasteiger partial charge on any atom is -0.397 e. The summed E-state index contributed by atoms with van der Waals surface area (Å²) in [7, 11) is -0.407. The second-order valence-electron chi connectivity index (χ2n) is 5.73. The average molecular weight is 297 g/mol. The highest BCUT2D eigenvalue weighted by Crippen LogP contribution is 2.36. The Morgan fingerprint density at radius 2 is 2.05 bits per heavy atom. The summed E-state index contributed by atoms with van der Waals surface area (Å²) in [5.41, 5.74) is 7.22. The maximum absolute atomic E-state index is 12.0. The molecule has 6 heteroatoms.